The predicted molar refractivity (Wildman–Crippen MR) is 77.1 cm³/mol. The molecule has 1 aromatic rings. The molecular formula is C15H23N3O2. The minimum Gasteiger partial charge on any atom is -0.384 e. The number of ether oxygens (including phenoxy) is 1. The third-order valence-corrected chi connectivity index (χ3v) is 3.62. The van der Waals surface area contributed by atoms with Crippen LogP contribution in [0, 0.1) is 5.92 Å². The van der Waals surface area contributed by atoms with Crippen molar-refractivity contribution in [3.8, 4) is 0 Å². The third kappa shape index (κ3) is 4.28. The van der Waals surface area contributed by atoms with Gasteiger partial charge in [-0.05, 0) is 25.1 Å². The van der Waals surface area contributed by atoms with Crippen molar-refractivity contribution in [1.82, 2.24) is 14.8 Å². The Kier molecular flexibility index (Phi) is 5.49. The van der Waals surface area contributed by atoms with E-state index in [1.165, 1.54) is 0 Å². The van der Waals surface area contributed by atoms with Gasteiger partial charge in [-0.15, -0.1) is 0 Å². The van der Waals surface area contributed by atoms with Crippen molar-refractivity contribution in [3.63, 3.8) is 0 Å². The molecule has 1 aromatic heterocycles. The van der Waals surface area contributed by atoms with Crippen molar-refractivity contribution in [1.29, 1.82) is 0 Å². The molecule has 0 aromatic carbocycles. The van der Waals surface area contributed by atoms with E-state index < -0.39 is 0 Å². The van der Waals surface area contributed by atoms with Crippen LogP contribution < -0.4 is 0 Å². The zero-order valence-electron chi connectivity index (χ0n) is 12.3. The van der Waals surface area contributed by atoms with Gasteiger partial charge < -0.3 is 9.64 Å². The van der Waals surface area contributed by atoms with Crippen LogP contribution in [-0.4, -0.2) is 61.1 Å². The van der Waals surface area contributed by atoms with E-state index in [2.05, 4.69) is 4.98 Å². The number of carbonyl (C=O) groups excluding carboxylic acids is 1. The van der Waals surface area contributed by atoms with Gasteiger partial charge in [0.1, 0.15) is 0 Å². The molecule has 0 saturated carbocycles. The maximum absolute atomic E-state index is 12.2. The van der Waals surface area contributed by atoms with Crippen LogP contribution in [0.2, 0.25) is 0 Å². The van der Waals surface area contributed by atoms with E-state index in [9.17, 15) is 4.79 Å². The van der Waals surface area contributed by atoms with Gasteiger partial charge in [-0.3, -0.25) is 14.7 Å². The summed E-state index contributed by atoms with van der Waals surface area (Å²) >= 11 is 0. The van der Waals surface area contributed by atoms with Gasteiger partial charge in [0, 0.05) is 45.1 Å². The molecule has 20 heavy (non-hydrogen) atoms. The first-order valence-electron chi connectivity index (χ1n) is 7.03. The van der Waals surface area contributed by atoms with Gasteiger partial charge in [-0.1, -0.05) is 6.07 Å². The summed E-state index contributed by atoms with van der Waals surface area (Å²) < 4.78 is 5.16. The summed E-state index contributed by atoms with van der Waals surface area (Å²) in [6.07, 6.45) is 4.65. The molecule has 1 saturated heterocycles. The molecule has 0 spiro atoms. The Balaban J connectivity index is 1.77. The Morgan fingerprint density at radius 3 is 3.15 bits per heavy atom. The first kappa shape index (κ1) is 14.9. The monoisotopic (exact) mass is 277 g/mol. The van der Waals surface area contributed by atoms with Crippen LogP contribution >= 0.6 is 0 Å². The first-order valence-corrected chi connectivity index (χ1v) is 7.03. The lowest BCUT2D eigenvalue weighted by Crippen LogP contribution is -2.37. The minimum atomic E-state index is 0.204. The molecule has 1 aliphatic rings. The van der Waals surface area contributed by atoms with Gasteiger partial charge in [-0.25, -0.2) is 0 Å². The average Bonchev–Trinajstić information content (AvgIpc) is 2.89. The van der Waals surface area contributed by atoms with Crippen LogP contribution in [0.4, 0.5) is 0 Å². The van der Waals surface area contributed by atoms with Crippen molar-refractivity contribution in [2.24, 2.45) is 5.92 Å². The molecule has 1 unspecified atom stereocenters. The highest BCUT2D eigenvalue weighted by molar-refractivity contribution is 5.78. The van der Waals surface area contributed by atoms with E-state index in [-0.39, 0.29) is 5.91 Å². The molecular weight excluding hydrogens is 254 g/mol. The molecule has 0 bridgehead atoms. The lowest BCUT2D eigenvalue weighted by molar-refractivity contribution is -0.131. The fourth-order valence-electron chi connectivity index (χ4n) is 2.62. The topological polar surface area (TPSA) is 45.7 Å². The van der Waals surface area contributed by atoms with Crippen LogP contribution in [0.3, 0.4) is 0 Å². The number of hydrogen-bond donors (Lipinski definition) is 0. The van der Waals surface area contributed by atoms with Crippen LogP contribution in [0.25, 0.3) is 0 Å². The quantitative estimate of drug-likeness (QED) is 0.778. The van der Waals surface area contributed by atoms with E-state index >= 15 is 0 Å². The summed E-state index contributed by atoms with van der Waals surface area (Å²) in [4.78, 5) is 20.3. The van der Waals surface area contributed by atoms with Crippen LogP contribution in [0.5, 0.6) is 0 Å². The number of pyridine rings is 1. The van der Waals surface area contributed by atoms with Crippen molar-refractivity contribution in [2.45, 2.75) is 13.0 Å². The highest BCUT2D eigenvalue weighted by Crippen LogP contribution is 2.16. The molecule has 1 fully saturated rings. The summed E-state index contributed by atoms with van der Waals surface area (Å²) in [5, 5.41) is 0. The molecule has 0 radical (unpaired) electrons. The average molecular weight is 277 g/mol. The molecule has 2 heterocycles. The van der Waals surface area contributed by atoms with Crippen LogP contribution in [0.1, 0.15) is 12.0 Å². The van der Waals surface area contributed by atoms with Crippen LogP contribution in [0.15, 0.2) is 24.5 Å². The Labute approximate surface area is 120 Å². The van der Waals surface area contributed by atoms with Gasteiger partial charge >= 0.3 is 0 Å². The van der Waals surface area contributed by atoms with E-state index in [0.29, 0.717) is 12.5 Å². The van der Waals surface area contributed by atoms with Crippen molar-refractivity contribution >= 4 is 5.91 Å². The Morgan fingerprint density at radius 1 is 1.60 bits per heavy atom. The zero-order chi connectivity index (χ0) is 14.4. The van der Waals surface area contributed by atoms with Gasteiger partial charge in [0.25, 0.3) is 0 Å². The van der Waals surface area contributed by atoms with Crippen molar-refractivity contribution in [3.05, 3.63) is 30.1 Å². The van der Waals surface area contributed by atoms with Crippen molar-refractivity contribution < 1.29 is 9.53 Å². The fraction of sp³-hybridized carbons (Fsp3) is 0.600. The van der Waals surface area contributed by atoms with Crippen molar-refractivity contribution in [2.75, 3.05) is 40.4 Å². The molecule has 5 nitrogen and oxygen atoms in total. The molecule has 1 amide bonds. The summed E-state index contributed by atoms with van der Waals surface area (Å²) in [5.74, 6) is 0.697. The lowest BCUT2D eigenvalue weighted by Gasteiger charge is -2.21. The number of likely N-dealkylation sites (N-methyl/N-ethyl adjacent to an activating group) is 1. The highest BCUT2D eigenvalue weighted by atomic mass is 16.5. The minimum absolute atomic E-state index is 0.204. The molecule has 0 aliphatic carbocycles. The summed E-state index contributed by atoms with van der Waals surface area (Å²) in [6, 6.07) is 3.94. The molecule has 110 valence electrons. The molecule has 2 rings (SSSR count). The van der Waals surface area contributed by atoms with Gasteiger partial charge in [0.05, 0.1) is 13.2 Å². The lowest BCUT2D eigenvalue weighted by atomic mass is 10.1. The number of carbonyl (C=O) groups is 1. The zero-order valence-corrected chi connectivity index (χ0v) is 12.3. The highest BCUT2D eigenvalue weighted by Gasteiger charge is 2.26. The summed E-state index contributed by atoms with van der Waals surface area (Å²) in [7, 11) is 3.68. The van der Waals surface area contributed by atoms with Crippen LogP contribution in [-0.2, 0) is 16.1 Å². The maximum atomic E-state index is 12.2. The molecule has 0 N–H and O–H groups in total. The maximum Gasteiger partial charge on any atom is 0.236 e. The van der Waals surface area contributed by atoms with Gasteiger partial charge in [0.2, 0.25) is 5.91 Å². The number of methoxy groups -OCH3 is 1. The summed E-state index contributed by atoms with van der Waals surface area (Å²) in [5.41, 5.74) is 1.13. The smallest absolute Gasteiger partial charge is 0.236 e. The normalized spacial score (nSPS) is 18.8. The second-order valence-corrected chi connectivity index (χ2v) is 5.48. The second kappa shape index (κ2) is 7.36. The fourth-order valence-corrected chi connectivity index (χ4v) is 2.62. The SMILES string of the molecule is COCC1CCN(C(=O)CN(C)Cc2cccnc2)C1. The Bertz CT molecular complexity index is 424. The van der Waals surface area contributed by atoms with E-state index in [4.69, 9.17) is 4.74 Å². The third-order valence-electron chi connectivity index (χ3n) is 3.62. The number of aromatic nitrogens is 1. The van der Waals surface area contributed by atoms with E-state index in [1.54, 1.807) is 13.3 Å². The van der Waals surface area contributed by atoms with Gasteiger partial charge in [-0.2, -0.15) is 0 Å². The number of rotatable bonds is 6. The largest absolute Gasteiger partial charge is 0.384 e. The second-order valence-electron chi connectivity index (χ2n) is 5.48. The Hall–Kier alpha value is -1.46. The van der Waals surface area contributed by atoms with E-state index in [1.807, 2.05) is 35.2 Å². The number of amides is 1. The Morgan fingerprint density at radius 2 is 2.45 bits per heavy atom. The first-order chi connectivity index (χ1) is 9.69. The number of likely N-dealkylation sites (tertiary alicyclic amines) is 1. The molecule has 5 heteroatoms. The molecule has 1 atom stereocenters. The standard InChI is InChI=1S/C15H23N3O2/c1-17(9-13-4-3-6-16-8-13)11-15(19)18-7-5-14(10-18)12-20-2/h3-4,6,8,14H,5,7,9-12H2,1-2H3. The van der Waals surface area contributed by atoms with Gasteiger partial charge in [0.15, 0.2) is 0 Å². The summed E-state index contributed by atoms with van der Waals surface area (Å²) in [6.45, 7) is 3.62. The molecule has 1 aliphatic heterocycles. The van der Waals surface area contributed by atoms with E-state index in [0.717, 1.165) is 38.2 Å². The number of nitrogens with zero attached hydrogens (tertiary/aromatic N) is 3. The number of hydrogen-bond acceptors (Lipinski definition) is 4. The predicted octanol–water partition coefficient (Wildman–Crippen LogP) is 1.01.